The second-order valence-electron chi connectivity index (χ2n) is 6.70. The van der Waals surface area contributed by atoms with Gasteiger partial charge in [-0.05, 0) is 43.5 Å². The van der Waals surface area contributed by atoms with E-state index in [4.69, 9.17) is 0 Å². The average molecular weight is 289 g/mol. The van der Waals surface area contributed by atoms with Crippen molar-refractivity contribution in [2.45, 2.75) is 65.6 Å². The van der Waals surface area contributed by atoms with Gasteiger partial charge in [0.1, 0.15) is 0 Å². The first kappa shape index (κ1) is 16.4. The van der Waals surface area contributed by atoms with E-state index < -0.39 is 0 Å². The van der Waals surface area contributed by atoms with E-state index in [0.717, 1.165) is 19.0 Å². The van der Waals surface area contributed by atoms with E-state index in [9.17, 15) is 0 Å². The fraction of sp³-hybridized carbons (Fsp3) is 0.722. The summed E-state index contributed by atoms with van der Waals surface area (Å²) in [5.41, 5.74) is 2.48. The second kappa shape index (κ2) is 8.50. The number of nitrogens with one attached hydrogen (secondary N) is 1. The predicted octanol–water partition coefficient (Wildman–Crippen LogP) is 3.59. The minimum Gasteiger partial charge on any atom is -0.310 e. The van der Waals surface area contributed by atoms with E-state index in [1.807, 2.05) is 6.20 Å². The van der Waals surface area contributed by atoms with Crippen molar-refractivity contribution in [1.82, 2.24) is 15.2 Å². The molecule has 1 saturated heterocycles. The molecule has 0 saturated carbocycles. The molecule has 118 valence electrons. The summed E-state index contributed by atoms with van der Waals surface area (Å²) in [6.45, 7) is 11.0. The van der Waals surface area contributed by atoms with E-state index in [2.05, 4.69) is 48.1 Å². The van der Waals surface area contributed by atoms with Crippen LogP contribution in [0.5, 0.6) is 0 Å². The molecule has 0 spiro atoms. The van der Waals surface area contributed by atoms with Gasteiger partial charge in [0.05, 0.1) is 5.69 Å². The molecule has 3 heteroatoms. The van der Waals surface area contributed by atoms with Crippen LogP contribution in [-0.2, 0) is 13.1 Å². The maximum absolute atomic E-state index is 4.62. The number of hydrogen-bond acceptors (Lipinski definition) is 3. The highest BCUT2D eigenvalue weighted by Crippen LogP contribution is 2.22. The molecule has 1 aliphatic rings. The summed E-state index contributed by atoms with van der Waals surface area (Å²) in [7, 11) is 0. The Labute approximate surface area is 130 Å². The predicted molar refractivity (Wildman–Crippen MR) is 89.1 cm³/mol. The molecule has 1 fully saturated rings. The van der Waals surface area contributed by atoms with Crippen LogP contribution in [0.1, 0.15) is 57.7 Å². The molecule has 2 rings (SSSR count). The summed E-state index contributed by atoms with van der Waals surface area (Å²) in [6.07, 6.45) is 7.49. The summed E-state index contributed by atoms with van der Waals surface area (Å²) < 4.78 is 0. The van der Waals surface area contributed by atoms with E-state index >= 15 is 0 Å². The van der Waals surface area contributed by atoms with Gasteiger partial charge in [0.25, 0.3) is 0 Å². The van der Waals surface area contributed by atoms with Gasteiger partial charge < -0.3 is 5.32 Å². The molecule has 1 aromatic rings. The Morgan fingerprint density at radius 1 is 1.29 bits per heavy atom. The Kier molecular flexibility index (Phi) is 6.65. The van der Waals surface area contributed by atoms with Gasteiger partial charge in [-0.3, -0.25) is 9.88 Å². The molecule has 1 N–H and O–H groups in total. The molecule has 1 aromatic heterocycles. The highest BCUT2D eigenvalue weighted by Gasteiger charge is 2.18. The van der Waals surface area contributed by atoms with Crippen LogP contribution in [-0.4, -0.2) is 29.0 Å². The maximum atomic E-state index is 4.62. The minimum absolute atomic E-state index is 0.522. The van der Waals surface area contributed by atoms with Crippen molar-refractivity contribution >= 4 is 0 Å². The highest BCUT2D eigenvalue weighted by molar-refractivity contribution is 5.14. The average Bonchev–Trinajstić information content (AvgIpc) is 2.49. The first-order valence-electron chi connectivity index (χ1n) is 8.57. The second-order valence-corrected chi connectivity index (χ2v) is 6.70. The lowest BCUT2D eigenvalue weighted by molar-refractivity contribution is 0.170. The molecule has 0 bridgehead atoms. The number of piperidine rings is 1. The zero-order valence-electron chi connectivity index (χ0n) is 13.9. The van der Waals surface area contributed by atoms with Gasteiger partial charge >= 0.3 is 0 Å². The van der Waals surface area contributed by atoms with Gasteiger partial charge in [0.2, 0.25) is 0 Å². The van der Waals surface area contributed by atoms with Crippen LogP contribution in [0.15, 0.2) is 18.3 Å². The smallest absolute Gasteiger partial charge is 0.0544 e. The Balaban J connectivity index is 1.76. The maximum Gasteiger partial charge on any atom is 0.0544 e. The molecular formula is C18H31N3. The molecule has 1 aliphatic heterocycles. The number of rotatable bonds is 7. The lowest BCUT2D eigenvalue weighted by Gasteiger charge is -2.31. The number of pyridine rings is 1. The first-order valence-corrected chi connectivity index (χ1v) is 8.57. The SMILES string of the molecule is CCCC1CCN(Cc2ccc(CNC(C)C)cn2)CC1. The summed E-state index contributed by atoms with van der Waals surface area (Å²) in [4.78, 5) is 7.18. The molecule has 0 amide bonds. The van der Waals surface area contributed by atoms with Gasteiger partial charge in [-0.15, -0.1) is 0 Å². The third kappa shape index (κ3) is 5.76. The normalized spacial score (nSPS) is 17.5. The van der Waals surface area contributed by atoms with Crippen LogP contribution in [0.3, 0.4) is 0 Å². The molecular weight excluding hydrogens is 258 g/mol. The van der Waals surface area contributed by atoms with Crippen LogP contribution < -0.4 is 5.32 Å². The standard InChI is InChI=1S/C18H31N3/c1-4-5-16-8-10-21(11-9-16)14-18-7-6-17(13-20-18)12-19-15(2)3/h6-7,13,15-16,19H,4-5,8-12,14H2,1-3H3. The lowest BCUT2D eigenvalue weighted by atomic mass is 9.92. The van der Waals surface area contributed by atoms with Gasteiger partial charge in [-0.2, -0.15) is 0 Å². The van der Waals surface area contributed by atoms with Crippen LogP contribution >= 0.6 is 0 Å². The van der Waals surface area contributed by atoms with Gasteiger partial charge in [0.15, 0.2) is 0 Å². The quantitative estimate of drug-likeness (QED) is 0.831. The molecule has 0 unspecified atom stereocenters. The molecule has 0 aromatic carbocycles. The van der Waals surface area contributed by atoms with Crippen molar-refractivity contribution in [1.29, 1.82) is 0 Å². The van der Waals surface area contributed by atoms with Crippen molar-refractivity contribution in [3.8, 4) is 0 Å². The lowest BCUT2D eigenvalue weighted by Crippen LogP contribution is -2.33. The summed E-state index contributed by atoms with van der Waals surface area (Å²) in [6, 6.07) is 4.92. The first-order chi connectivity index (χ1) is 10.2. The topological polar surface area (TPSA) is 28.2 Å². The largest absolute Gasteiger partial charge is 0.310 e. The molecule has 0 atom stereocenters. The third-order valence-electron chi connectivity index (χ3n) is 4.39. The number of likely N-dealkylation sites (tertiary alicyclic amines) is 1. The molecule has 21 heavy (non-hydrogen) atoms. The van der Waals surface area contributed by atoms with Crippen molar-refractivity contribution in [2.24, 2.45) is 5.92 Å². The number of nitrogens with zero attached hydrogens (tertiary/aromatic N) is 2. The molecule has 2 heterocycles. The van der Waals surface area contributed by atoms with Crippen LogP contribution in [0.4, 0.5) is 0 Å². The van der Waals surface area contributed by atoms with E-state index in [-0.39, 0.29) is 0 Å². The van der Waals surface area contributed by atoms with E-state index in [1.54, 1.807) is 0 Å². The van der Waals surface area contributed by atoms with Gasteiger partial charge in [-0.1, -0.05) is 39.7 Å². The fourth-order valence-corrected chi connectivity index (χ4v) is 3.05. The Morgan fingerprint density at radius 2 is 2.05 bits per heavy atom. The van der Waals surface area contributed by atoms with E-state index in [1.165, 1.54) is 50.0 Å². The van der Waals surface area contributed by atoms with Crippen molar-refractivity contribution in [3.63, 3.8) is 0 Å². The van der Waals surface area contributed by atoms with Crippen molar-refractivity contribution in [2.75, 3.05) is 13.1 Å². The van der Waals surface area contributed by atoms with Crippen molar-refractivity contribution in [3.05, 3.63) is 29.6 Å². The summed E-state index contributed by atoms with van der Waals surface area (Å²) in [5, 5.41) is 3.43. The Morgan fingerprint density at radius 3 is 2.62 bits per heavy atom. The van der Waals surface area contributed by atoms with E-state index in [0.29, 0.717) is 6.04 Å². The Bertz CT molecular complexity index is 391. The van der Waals surface area contributed by atoms with Gasteiger partial charge in [0, 0.05) is 25.3 Å². The van der Waals surface area contributed by atoms with Crippen LogP contribution in [0, 0.1) is 5.92 Å². The number of hydrogen-bond donors (Lipinski definition) is 1. The summed E-state index contributed by atoms with van der Waals surface area (Å²) >= 11 is 0. The van der Waals surface area contributed by atoms with Crippen molar-refractivity contribution < 1.29 is 0 Å². The fourth-order valence-electron chi connectivity index (χ4n) is 3.05. The van der Waals surface area contributed by atoms with Crippen LogP contribution in [0.25, 0.3) is 0 Å². The Hall–Kier alpha value is -0.930. The zero-order valence-corrected chi connectivity index (χ0v) is 13.9. The van der Waals surface area contributed by atoms with Crippen LogP contribution in [0.2, 0.25) is 0 Å². The minimum atomic E-state index is 0.522. The third-order valence-corrected chi connectivity index (χ3v) is 4.39. The van der Waals surface area contributed by atoms with Gasteiger partial charge in [-0.25, -0.2) is 0 Å². The molecule has 3 nitrogen and oxygen atoms in total. The highest BCUT2D eigenvalue weighted by atomic mass is 15.1. The monoisotopic (exact) mass is 289 g/mol. The summed E-state index contributed by atoms with van der Waals surface area (Å²) in [5.74, 6) is 0.962. The molecule has 0 radical (unpaired) electrons. The number of aromatic nitrogens is 1. The zero-order chi connectivity index (χ0) is 15.1. The molecule has 0 aliphatic carbocycles.